The van der Waals surface area contributed by atoms with Crippen molar-refractivity contribution in [2.75, 3.05) is 18.0 Å². The van der Waals surface area contributed by atoms with Crippen molar-refractivity contribution in [1.29, 1.82) is 0 Å². The van der Waals surface area contributed by atoms with Crippen molar-refractivity contribution in [3.8, 4) is 0 Å². The Morgan fingerprint density at radius 3 is 3.05 bits per heavy atom. The molecule has 1 unspecified atom stereocenters. The van der Waals surface area contributed by atoms with Crippen molar-refractivity contribution in [3.63, 3.8) is 0 Å². The molecule has 2 heterocycles. The van der Waals surface area contributed by atoms with E-state index in [0.29, 0.717) is 12.1 Å². The number of nitrogens with zero attached hydrogens (tertiary/aromatic N) is 2. The molecule has 106 valence electrons. The second-order valence-corrected chi connectivity index (χ2v) is 5.99. The molecular formula is C17H23N3. The SMILES string of the molecule is CC(C)NC1CCCN(c2ccc3ncccc3c2)C1. The van der Waals surface area contributed by atoms with Crippen molar-refractivity contribution in [2.24, 2.45) is 0 Å². The van der Waals surface area contributed by atoms with Crippen LogP contribution in [0.15, 0.2) is 36.5 Å². The zero-order valence-electron chi connectivity index (χ0n) is 12.3. The molecule has 3 rings (SSSR count). The minimum Gasteiger partial charge on any atom is -0.370 e. The fourth-order valence-electron chi connectivity index (χ4n) is 3.08. The summed E-state index contributed by atoms with van der Waals surface area (Å²) in [5.74, 6) is 0. The van der Waals surface area contributed by atoms with E-state index in [0.717, 1.165) is 18.6 Å². The maximum atomic E-state index is 4.39. The predicted octanol–water partition coefficient (Wildman–Crippen LogP) is 3.20. The van der Waals surface area contributed by atoms with Crippen LogP contribution in [0.3, 0.4) is 0 Å². The zero-order valence-corrected chi connectivity index (χ0v) is 12.3. The van der Waals surface area contributed by atoms with Gasteiger partial charge in [0, 0.05) is 42.4 Å². The van der Waals surface area contributed by atoms with E-state index >= 15 is 0 Å². The van der Waals surface area contributed by atoms with Crippen LogP contribution in [0.2, 0.25) is 0 Å². The van der Waals surface area contributed by atoms with Crippen LogP contribution in [-0.4, -0.2) is 30.2 Å². The van der Waals surface area contributed by atoms with Crippen molar-refractivity contribution >= 4 is 16.6 Å². The van der Waals surface area contributed by atoms with Gasteiger partial charge in [-0.15, -0.1) is 0 Å². The van der Waals surface area contributed by atoms with Gasteiger partial charge >= 0.3 is 0 Å². The normalized spacial score (nSPS) is 19.8. The average molecular weight is 269 g/mol. The van der Waals surface area contributed by atoms with Crippen LogP contribution in [0.4, 0.5) is 5.69 Å². The minimum absolute atomic E-state index is 0.556. The molecule has 1 fully saturated rings. The Labute approximate surface area is 121 Å². The standard InChI is InChI=1S/C17H23N3/c1-13(2)19-15-6-4-10-20(12-15)16-7-8-17-14(11-16)5-3-9-18-17/h3,5,7-9,11,13,15,19H,4,6,10,12H2,1-2H3. The van der Waals surface area contributed by atoms with E-state index in [9.17, 15) is 0 Å². The lowest BCUT2D eigenvalue weighted by Gasteiger charge is -2.36. The number of nitrogens with one attached hydrogen (secondary N) is 1. The summed E-state index contributed by atoms with van der Waals surface area (Å²) in [6, 6.07) is 11.9. The van der Waals surface area contributed by atoms with Gasteiger partial charge in [-0.3, -0.25) is 4.98 Å². The maximum absolute atomic E-state index is 4.39. The Hall–Kier alpha value is -1.61. The molecule has 0 saturated carbocycles. The first-order valence-electron chi connectivity index (χ1n) is 7.58. The topological polar surface area (TPSA) is 28.2 Å². The second-order valence-electron chi connectivity index (χ2n) is 5.99. The van der Waals surface area contributed by atoms with E-state index in [1.165, 1.54) is 23.9 Å². The van der Waals surface area contributed by atoms with Crippen LogP contribution in [-0.2, 0) is 0 Å². The third-order valence-corrected chi connectivity index (χ3v) is 3.94. The Morgan fingerprint density at radius 2 is 2.20 bits per heavy atom. The molecule has 0 aliphatic carbocycles. The summed E-state index contributed by atoms with van der Waals surface area (Å²) in [4.78, 5) is 6.89. The van der Waals surface area contributed by atoms with Gasteiger partial charge in [0.15, 0.2) is 0 Å². The van der Waals surface area contributed by atoms with Gasteiger partial charge in [-0.2, -0.15) is 0 Å². The van der Waals surface area contributed by atoms with E-state index in [2.05, 4.69) is 53.3 Å². The maximum Gasteiger partial charge on any atom is 0.0703 e. The van der Waals surface area contributed by atoms with Crippen LogP contribution in [0.5, 0.6) is 0 Å². The summed E-state index contributed by atoms with van der Waals surface area (Å²) >= 11 is 0. The molecule has 3 heteroatoms. The number of piperidine rings is 1. The van der Waals surface area contributed by atoms with Crippen LogP contribution in [0.25, 0.3) is 10.9 Å². The molecule has 20 heavy (non-hydrogen) atoms. The summed E-state index contributed by atoms with van der Waals surface area (Å²) < 4.78 is 0. The number of aromatic nitrogens is 1. The van der Waals surface area contributed by atoms with Gasteiger partial charge in [0.05, 0.1) is 5.52 Å². The second kappa shape index (κ2) is 5.80. The Balaban J connectivity index is 1.79. The van der Waals surface area contributed by atoms with E-state index in [1.54, 1.807) is 0 Å². The number of hydrogen-bond acceptors (Lipinski definition) is 3. The van der Waals surface area contributed by atoms with Crippen molar-refractivity contribution in [3.05, 3.63) is 36.5 Å². The highest BCUT2D eigenvalue weighted by Gasteiger charge is 2.20. The third-order valence-electron chi connectivity index (χ3n) is 3.94. The van der Waals surface area contributed by atoms with E-state index in [1.807, 2.05) is 12.3 Å². The van der Waals surface area contributed by atoms with E-state index in [-0.39, 0.29) is 0 Å². The molecule has 1 aromatic heterocycles. The van der Waals surface area contributed by atoms with Gasteiger partial charge in [-0.25, -0.2) is 0 Å². The molecule has 0 bridgehead atoms. The summed E-state index contributed by atoms with van der Waals surface area (Å²) in [6.07, 6.45) is 4.39. The highest BCUT2D eigenvalue weighted by atomic mass is 15.2. The van der Waals surface area contributed by atoms with Gasteiger partial charge in [-0.05, 0) is 37.1 Å². The van der Waals surface area contributed by atoms with Gasteiger partial charge in [-0.1, -0.05) is 19.9 Å². The first-order chi connectivity index (χ1) is 9.72. The van der Waals surface area contributed by atoms with Gasteiger partial charge in [0.2, 0.25) is 0 Å². The molecule has 3 nitrogen and oxygen atoms in total. The predicted molar refractivity (Wildman–Crippen MR) is 85.2 cm³/mol. The number of anilines is 1. The fraction of sp³-hybridized carbons (Fsp3) is 0.471. The fourth-order valence-corrected chi connectivity index (χ4v) is 3.08. The Kier molecular flexibility index (Phi) is 3.88. The quantitative estimate of drug-likeness (QED) is 0.927. The lowest BCUT2D eigenvalue weighted by molar-refractivity contribution is 0.395. The van der Waals surface area contributed by atoms with Crippen LogP contribution < -0.4 is 10.2 Å². The molecule has 0 spiro atoms. The lowest BCUT2D eigenvalue weighted by Crippen LogP contribution is -2.47. The zero-order chi connectivity index (χ0) is 13.9. The molecule has 1 aromatic carbocycles. The summed E-state index contributed by atoms with van der Waals surface area (Å²) in [5.41, 5.74) is 2.39. The summed E-state index contributed by atoms with van der Waals surface area (Å²) in [5, 5.41) is 4.89. The molecule has 0 radical (unpaired) electrons. The molecule has 1 aliphatic heterocycles. The Morgan fingerprint density at radius 1 is 1.30 bits per heavy atom. The molecule has 1 aliphatic rings. The first-order valence-corrected chi connectivity index (χ1v) is 7.58. The van der Waals surface area contributed by atoms with Gasteiger partial charge in [0.25, 0.3) is 0 Å². The number of rotatable bonds is 3. The third kappa shape index (κ3) is 2.93. The monoisotopic (exact) mass is 269 g/mol. The molecular weight excluding hydrogens is 246 g/mol. The number of hydrogen-bond donors (Lipinski definition) is 1. The summed E-state index contributed by atoms with van der Waals surface area (Å²) in [7, 11) is 0. The number of benzene rings is 1. The highest BCUT2D eigenvalue weighted by molar-refractivity contribution is 5.82. The average Bonchev–Trinajstić information content (AvgIpc) is 2.46. The van der Waals surface area contributed by atoms with Crippen molar-refractivity contribution in [2.45, 2.75) is 38.8 Å². The summed E-state index contributed by atoms with van der Waals surface area (Å²) in [6.45, 7) is 6.70. The molecule has 1 N–H and O–H groups in total. The van der Waals surface area contributed by atoms with Crippen molar-refractivity contribution < 1.29 is 0 Å². The number of pyridine rings is 1. The smallest absolute Gasteiger partial charge is 0.0703 e. The van der Waals surface area contributed by atoms with Crippen LogP contribution in [0, 0.1) is 0 Å². The molecule has 1 saturated heterocycles. The molecule has 1 atom stereocenters. The molecule has 2 aromatic rings. The lowest BCUT2D eigenvalue weighted by atomic mass is 10.0. The van der Waals surface area contributed by atoms with E-state index < -0.39 is 0 Å². The van der Waals surface area contributed by atoms with Crippen LogP contribution >= 0.6 is 0 Å². The number of fused-ring (bicyclic) bond motifs is 1. The Bertz CT molecular complexity index is 579. The van der Waals surface area contributed by atoms with Crippen LogP contribution in [0.1, 0.15) is 26.7 Å². The minimum atomic E-state index is 0.556. The van der Waals surface area contributed by atoms with Gasteiger partial charge < -0.3 is 10.2 Å². The van der Waals surface area contributed by atoms with Crippen molar-refractivity contribution in [1.82, 2.24) is 10.3 Å². The highest BCUT2D eigenvalue weighted by Crippen LogP contribution is 2.24. The van der Waals surface area contributed by atoms with Gasteiger partial charge in [0.1, 0.15) is 0 Å². The van der Waals surface area contributed by atoms with E-state index in [4.69, 9.17) is 0 Å². The molecule has 0 amide bonds. The largest absolute Gasteiger partial charge is 0.370 e. The first kappa shape index (κ1) is 13.4.